The number of halogens is 1. The molecule has 15 heavy (non-hydrogen) atoms. The summed E-state index contributed by atoms with van der Waals surface area (Å²) in [5, 5.41) is 0. The molecule has 1 N–H and O–H groups in total. The summed E-state index contributed by atoms with van der Waals surface area (Å²) < 4.78 is 15.5. The third kappa shape index (κ3) is 1.91. The maximum Gasteiger partial charge on any atom is 0.251 e. The van der Waals surface area contributed by atoms with E-state index >= 15 is 0 Å². The average Bonchev–Trinajstić information content (AvgIpc) is 2.58. The number of benzene rings is 1. The zero-order chi connectivity index (χ0) is 10.8. The van der Waals surface area contributed by atoms with Crippen LogP contribution in [0.15, 0.2) is 30.6 Å². The van der Waals surface area contributed by atoms with Gasteiger partial charge in [0, 0.05) is 12.5 Å². The molecular weight excluding hydrogens is 191 g/mol. The van der Waals surface area contributed by atoms with E-state index in [-0.39, 0.29) is 5.82 Å². The van der Waals surface area contributed by atoms with Crippen molar-refractivity contribution in [3.8, 4) is 0 Å². The largest absolute Gasteiger partial charge is 0.251 e. The molecule has 1 aromatic heterocycles. The first kappa shape index (κ1) is 9.90. The Balaban J connectivity index is 2.36. The Hall–Kier alpha value is -1.64. The summed E-state index contributed by atoms with van der Waals surface area (Å²) in [7, 11) is 0. The number of nitrogens with zero attached hydrogens (tertiary/aromatic N) is 1. The lowest BCUT2D eigenvalue weighted by Crippen LogP contribution is -2.35. The Morgan fingerprint density at radius 2 is 2.13 bits per heavy atom. The van der Waals surface area contributed by atoms with E-state index < -0.39 is 0 Å². The lowest BCUT2D eigenvalue weighted by atomic mass is 10.1. The molecule has 1 heterocycles. The molecule has 0 bridgehead atoms. The number of aromatic amines is 1. The van der Waals surface area contributed by atoms with E-state index in [0.717, 1.165) is 17.0 Å². The lowest BCUT2D eigenvalue weighted by molar-refractivity contribution is -0.693. The molecule has 78 valence electrons. The molecule has 0 saturated carbocycles. The van der Waals surface area contributed by atoms with Crippen molar-refractivity contribution in [2.45, 2.75) is 20.4 Å². The maximum absolute atomic E-state index is 13.6. The first-order valence-corrected chi connectivity index (χ1v) is 4.96. The number of hydrogen-bond acceptors (Lipinski definition) is 0. The SMILES string of the molecule is Cc1cccc(F)c1C[n+]1cc[nH]c1C. The van der Waals surface area contributed by atoms with Gasteiger partial charge in [0.2, 0.25) is 0 Å². The standard InChI is InChI=1S/C12H13FN2/c1-9-4-3-5-12(13)11(9)8-15-7-6-14-10(15)2/h3-7H,8H2,1-2H3/p+1. The summed E-state index contributed by atoms with van der Waals surface area (Å²) in [6.45, 7) is 4.48. The quantitative estimate of drug-likeness (QED) is 0.724. The highest BCUT2D eigenvalue weighted by Crippen LogP contribution is 2.11. The normalized spacial score (nSPS) is 10.6. The molecule has 0 spiro atoms. The van der Waals surface area contributed by atoms with Crippen LogP contribution in [0.2, 0.25) is 0 Å². The van der Waals surface area contributed by atoms with E-state index in [1.165, 1.54) is 6.07 Å². The smallest absolute Gasteiger partial charge is 0.248 e. The van der Waals surface area contributed by atoms with Gasteiger partial charge >= 0.3 is 0 Å². The summed E-state index contributed by atoms with van der Waals surface area (Å²) in [6.07, 6.45) is 3.77. The van der Waals surface area contributed by atoms with E-state index in [2.05, 4.69) is 4.98 Å². The molecule has 0 radical (unpaired) electrons. The van der Waals surface area contributed by atoms with Crippen LogP contribution < -0.4 is 4.57 Å². The number of hydrogen-bond donors (Lipinski definition) is 1. The van der Waals surface area contributed by atoms with Crippen LogP contribution in [0.1, 0.15) is 17.0 Å². The van der Waals surface area contributed by atoms with Crippen molar-refractivity contribution in [1.82, 2.24) is 4.98 Å². The second kappa shape index (κ2) is 3.85. The number of aryl methyl sites for hydroxylation is 2. The predicted molar refractivity (Wildman–Crippen MR) is 56.0 cm³/mol. The molecule has 0 fully saturated rings. The highest BCUT2D eigenvalue weighted by Gasteiger charge is 2.11. The van der Waals surface area contributed by atoms with Crippen molar-refractivity contribution >= 4 is 0 Å². The van der Waals surface area contributed by atoms with Gasteiger partial charge in [-0.1, -0.05) is 12.1 Å². The third-order valence-electron chi connectivity index (χ3n) is 2.66. The minimum absolute atomic E-state index is 0.136. The number of rotatable bonds is 2. The summed E-state index contributed by atoms with van der Waals surface area (Å²) >= 11 is 0. The van der Waals surface area contributed by atoms with Gasteiger partial charge in [-0.25, -0.2) is 13.9 Å². The van der Waals surface area contributed by atoms with Crippen LogP contribution in [0, 0.1) is 19.7 Å². The molecule has 0 saturated heterocycles. The van der Waals surface area contributed by atoms with Gasteiger partial charge in [0.15, 0.2) is 0 Å². The van der Waals surface area contributed by atoms with E-state index in [4.69, 9.17) is 0 Å². The van der Waals surface area contributed by atoms with Crippen LogP contribution in [0.25, 0.3) is 0 Å². The van der Waals surface area contributed by atoms with Crippen LogP contribution >= 0.6 is 0 Å². The second-order valence-electron chi connectivity index (χ2n) is 3.71. The fourth-order valence-electron chi connectivity index (χ4n) is 1.65. The lowest BCUT2D eigenvalue weighted by Gasteiger charge is -2.05. The van der Waals surface area contributed by atoms with Gasteiger partial charge in [0.25, 0.3) is 5.82 Å². The molecule has 0 aliphatic heterocycles. The molecule has 3 heteroatoms. The predicted octanol–water partition coefficient (Wildman–Crippen LogP) is 2.11. The van der Waals surface area contributed by atoms with E-state index in [1.807, 2.05) is 36.9 Å². The molecule has 0 aliphatic rings. The number of aromatic nitrogens is 2. The van der Waals surface area contributed by atoms with Gasteiger partial charge in [-0.3, -0.25) is 0 Å². The van der Waals surface area contributed by atoms with Gasteiger partial charge in [0.1, 0.15) is 24.8 Å². The maximum atomic E-state index is 13.6. The first-order chi connectivity index (χ1) is 7.18. The minimum Gasteiger partial charge on any atom is -0.248 e. The van der Waals surface area contributed by atoms with Crippen LogP contribution in [0.5, 0.6) is 0 Å². The zero-order valence-electron chi connectivity index (χ0n) is 8.92. The topological polar surface area (TPSA) is 19.7 Å². The van der Waals surface area contributed by atoms with Gasteiger partial charge in [-0.2, -0.15) is 0 Å². The van der Waals surface area contributed by atoms with Gasteiger partial charge < -0.3 is 0 Å². The molecule has 0 atom stereocenters. The summed E-state index contributed by atoms with van der Waals surface area (Å²) in [4.78, 5) is 3.07. The Kier molecular flexibility index (Phi) is 2.54. The van der Waals surface area contributed by atoms with Crippen molar-refractivity contribution in [3.05, 3.63) is 53.4 Å². The Bertz CT molecular complexity index is 454. The molecule has 0 amide bonds. The molecule has 2 aromatic rings. The number of nitrogens with one attached hydrogen (secondary N) is 1. The van der Waals surface area contributed by atoms with Crippen LogP contribution in [0.4, 0.5) is 4.39 Å². The fraction of sp³-hybridized carbons (Fsp3) is 0.250. The summed E-state index contributed by atoms with van der Waals surface area (Å²) in [5.74, 6) is 0.890. The van der Waals surface area contributed by atoms with E-state index in [9.17, 15) is 4.39 Å². The Labute approximate surface area is 88.4 Å². The summed E-state index contributed by atoms with van der Waals surface area (Å²) in [5.41, 5.74) is 1.74. The molecule has 2 nitrogen and oxygen atoms in total. The monoisotopic (exact) mass is 205 g/mol. The van der Waals surface area contributed by atoms with Crippen molar-refractivity contribution in [3.63, 3.8) is 0 Å². The van der Waals surface area contributed by atoms with Crippen LogP contribution in [0.3, 0.4) is 0 Å². The molecule has 0 unspecified atom stereocenters. The number of imidazole rings is 1. The van der Waals surface area contributed by atoms with Gasteiger partial charge in [-0.05, 0) is 18.6 Å². The van der Waals surface area contributed by atoms with Crippen molar-refractivity contribution < 1.29 is 8.96 Å². The zero-order valence-corrected chi connectivity index (χ0v) is 8.92. The van der Waals surface area contributed by atoms with E-state index in [1.54, 1.807) is 6.07 Å². The molecule has 2 rings (SSSR count). The van der Waals surface area contributed by atoms with Gasteiger partial charge in [0.05, 0.1) is 0 Å². The highest BCUT2D eigenvalue weighted by molar-refractivity contribution is 5.26. The second-order valence-corrected chi connectivity index (χ2v) is 3.71. The van der Waals surface area contributed by atoms with Crippen molar-refractivity contribution in [1.29, 1.82) is 0 Å². The molecular formula is C12H14FN2+. The first-order valence-electron chi connectivity index (χ1n) is 4.96. The van der Waals surface area contributed by atoms with Gasteiger partial charge in [-0.15, -0.1) is 0 Å². The molecule has 0 aliphatic carbocycles. The minimum atomic E-state index is -0.136. The average molecular weight is 205 g/mol. The van der Waals surface area contributed by atoms with Crippen LogP contribution in [-0.2, 0) is 6.54 Å². The fourth-order valence-corrected chi connectivity index (χ4v) is 1.65. The Morgan fingerprint density at radius 3 is 2.73 bits per heavy atom. The molecule has 1 aromatic carbocycles. The highest BCUT2D eigenvalue weighted by atomic mass is 19.1. The third-order valence-corrected chi connectivity index (χ3v) is 2.66. The number of H-pyrrole nitrogens is 1. The Morgan fingerprint density at radius 1 is 1.33 bits per heavy atom. The van der Waals surface area contributed by atoms with E-state index in [0.29, 0.717) is 6.54 Å². The summed E-state index contributed by atoms with van der Waals surface area (Å²) in [6, 6.07) is 5.18. The van der Waals surface area contributed by atoms with Crippen LogP contribution in [-0.4, -0.2) is 4.98 Å². The van der Waals surface area contributed by atoms with Crippen molar-refractivity contribution in [2.24, 2.45) is 0 Å². The van der Waals surface area contributed by atoms with Crippen molar-refractivity contribution in [2.75, 3.05) is 0 Å².